The molecule has 102 valence electrons. The molecule has 3 rings (SSSR count). The van der Waals surface area contributed by atoms with E-state index in [1.165, 1.54) is 5.56 Å². The number of para-hydroxylation sites is 1. The smallest absolute Gasteiger partial charge is 0.302 e. The Morgan fingerprint density at radius 3 is 2.55 bits per heavy atom. The molecule has 0 spiro atoms. The van der Waals surface area contributed by atoms with Crippen LogP contribution in [0.4, 0.5) is 17.4 Å². The van der Waals surface area contributed by atoms with E-state index in [0.29, 0.717) is 22.8 Å². The molecule has 0 unspecified atom stereocenters. The number of rotatable bonds is 3. The van der Waals surface area contributed by atoms with Gasteiger partial charge in [0.1, 0.15) is 5.52 Å². The minimum absolute atomic E-state index is 0.544. The topological polar surface area (TPSA) is 55.3 Å². The number of aryl methyl sites for hydroxylation is 1. The zero-order valence-corrected chi connectivity index (χ0v) is 11.6. The van der Waals surface area contributed by atoms with E-state index in [1.54, 1.807) is 0 Å². The Morgan fingerprint density at radius 2 is 1.90 bits per heavy atom. The molecule has 2 N–H and O–H groups in total. The second-order valence-corrected chi connectivity index (χ2v) is 4.77. The lowest BCUT2D eigenvalue weighted by Crippen LogP contribution is -2.09. The molecule has 3 aromatic rings. The first kappa shape index (κ1) is 12.5. The van der Waals surface area contributed by atoms with Crippen molar-refractivity contribution < 1.29 is 4.42 Å². The number of hydrogen-bond donors (Lipinski definition) is 1. The van der Waals surface area contributed by atoms with Crippen molar-refractivity contribution in [3.8, 4) is 0 Å². The van der Waals surface area contributed by atoms with Crippen LogP contribution in [0.15, 0.2) is 46.9 Å². The molecule has 0 atom stereocenters. The summed E-state index contributed by atoms with van der Waals surface area (Å²) >= 11 is 0. The first-order valence-corrected chi connectivity index (χ1v) is 6.66. The van der Waals surface area contributed by atoms with Gasteiger partial charge in [-0.1, -0.05) is 25.1 Å². The predicted molar refractivity (Wildman–Crippen MR) is 82.3 cm³/mol. The molecule has 0 aliphatic rings. The zero-order valence-electron chi connectivity index (χ0n) is 11.6. The maximum Gasteiger partial charge on any atom is 0.302 e. The molecule has 0 saturated heterocycles. The molecule has 0 saturated carbocycles. The second kappa shape index (κ2) is 4.89. The summed E-state index contributed by atoms with van der Waals surface area (Å²) in [5, 5.41) is 0. The predicted octanol–water partition coefficient (Wildman–Crippen LogP) is 3.74. The Balaban J connectivity index is 1.98. The van der Waals surface area contributed by atoms with Crippen LogP contribution in [-0.2, 0) is 6.42 Å². The van der Waals surface area contributed by atoms with Crippen molar-refractivity contribution in [2.24, 2.45) is 0 Å². The fourth-order valence-electron chi connectivity index (χ4n) is 2.17. The summed E-state index contributed by atoms with van der Waals surface area (Å²) in [6, 6.07) is 14.5. The lowest BCUT2D eigenvalue weighted by Gasteiger charge is -2.14. The minimum Gasteiger partial charge on any atom is -0.423 e. The molecule has 0 radical (unpaired) electrons. The van der Waals surface area contributed by atoms with E-state index in [2.05, 4.69) is 36.2 Å². The van der Waals surface area contributed by atoms with Crippen LogP contribution in [0, 0.1) is 0 Å². The Bertz CT molecular complexity index is 731. The van der Waals surface area contributed by atoms with Crippen molar-refractivity contribution in [1.82, 2.24) is 4.98 Å². The standard InChI is InChI=1S/C16H17N3O/c1-3-11-7-9-12(10-8-11)19(2)16-18-15-13(17)5-4-6-14(15)20-16/h4-10H,3,17H2,1-2H3. The van der Waals surface area contributed by atoms with Crippen molar-refractivity contribution in [3.05, 3.63) is 48.0 Å². The number of hydrogen-bond acceptors (Lipinski definition) is 4. The van der Waals surface area contributed by atoms with Crippen molar-refractivity contribution in [3.63, 3.8) is 0 Å². The third kappa shape index (κ3) is 2.09. The third-order valence-corrected chi connectivity index (χ3v) is 3.46. The summed E-state index contributed by atoms with van der Waals surface area (Å²) in [5.41, 5.74) is 10.3. The molecule has 0 fully saturated rings. The molecule has 4 nitrogen and oxygen atoms in total. The lowest BCUT2D eigenvalue weighted by molar-refractivity contribution is 0.603. The van der Waals surface area contributed by atoms with Gasteiger partial charge in [-0.3, -0.25) is 4.90 Å². The summed E-state index contributed by atoms with van der Waals surface area (Å²) < 4.78 is 5.76. The van der Waals surface area contributed by atoms with E-state index in [1.807, 2.05) is 30.1 Å². The van der Waals surface area contributed by atoms with Crippen molar-refractivity contribution in [1.29, 1.82) is 0 Å². The van der Waals surface area contributed by atoms with Crippen LogP contribution in [0.3, 0.4) is 0 Å². The molecule has 0 aliphatic heterocycles. The molecular weight excluding hydrogens is 250 g/mol. The highest BCUT2D eigenvalue weighted by Crippen LogP contribution is 2.29. The summed E-state index contributed by atoms with van der Waals surface area (Å²) in [4.78, 5) is 6.38. The molecule has 2 aromatic carbocycles. The highest BCUT2D eigenvalue weighted by atomic mass is 16.4. The van der Waals surface area contributed by atoms with Gasteiger partial charge in [0, 0.05) is 12.7 Å². The Kier molecular flexibility index (Phi) is 3.06. The highest BCUT2D eigenvalue weighted by Gasteiger charge is 2.13. The van der Waals surface area contributed by atoms with Gasteiger partial charge in [-0.15, -0.1) is 0 Å². The zero-order chi connectivity index (χ0) is 14.1. The molecule has 1 heterocycles. The van der Waals surface area contributed by atoms with Crippen molar-refractivity contribution in [2.75, 3.05) is 17.7 Å². The van der Waals surface area contributed by atoms with Crippen molar-refractivity contribution >= 4 is 28.5 Å². The Hall–Kier alpha value is -2.49. The van der Waals surface area contributed by atoms with Crippen LogP contribution in [0.25, 0.3) is 11.1 Å². The van der Waals surface area contributed by atoms with Crippen LogP contribution >= 0.6 is 0 Å². The van der Waals surface area contributed by atoms with Crippen LogP contribution in [0.2, 0.25) is 0 Å². The van der Waals surface area contributed by atoms with Gasteiger partial charge in [0.25, 0.3) is 0 Å². The van der Waals surface area contributed by atoms with Gasteiger partial charge in [0.05, 0.1) is 5.69 Å². The normalized spacial score (nSPS) is 10.9. The first-order chi connectivity index (χ1) is 9.69. The van der Waals surface area contributed by atoms with E-state index in [-0.39, 0.29) is 0 Å². The van der Waals surface area contributed by atoms with Crippen LogP contribution in [0.5, 0.6) is 0 Å². The summed E-state index contributed by atoms with van der Waals surface area (Å²) in [6.45, 7) is 2.14. The van der Waals surface area contributed by atoms with Crippen LogP contribution in [0.1, 0.15) is 12.5 Å². The van der Waals surface area contributed by atoms with Gasteiger partial charge in [0.15, 0.2) is 5.58 Å². The molecule has 0 aliphatic carbocycles. The number of anilines is 3. The SMILES string of the molecule is CCc1ccc(N(C)c2nc3c(N)cccc3o2)cc1. The monoisotopic (exact) mass is 267 g/mol. The van der Waals surface area contributed by atoms with Gasteiger partial charge in [0.2, 0.25) is 0 Å². The summed E-state index contributed by atoms with van der Waals surface area (Å²) in [5.74, 6) is 0. The summed E-state index contributed by atoms with van der Waals surface area (Å²) in [6.07, 6.45) is 1.03. The number of nitrogens with two attached hydrogens (primary N) is 1. The second-order valence-electron chi connectivity index (χ2n) is 4.77. The molecule has 0 bridgehead atoms. The summed E-state index contributed by atoms with van der Waals surface area (Å²) in [7, 11) is 1.93. The number of nitrogens with zero attached hydrogens (tertiary/aromatic N) is 2. The average Bonchev–Trinajstić information content (AvgIpc) is 2.92. The molecule has 4 heteroatoms. The molecular formula is C16H17N3O. The first-order valence-electron chi connectivity index (χ1n) is 6.66. The van der Waals surface area contributed by atoms with E-state index in [0.717, 1.165) is 12.1 Å². The van der Waals surface area contributed by atoms with Crippen molar-refractivity contribution in [2.45, 2.75) is 13.3 Å². The maximum atomic E-state index is 5.91. The van der Waals surface area contributed by atoms with Gasteiger partial charge >= 0.3 is 6.01 Å². The fraction of sp³-hybridized carbons (Fsp3) is 0.188. The maximum absolute atomic E-state index is 5.91. The average molecular weight is 267 g/mol. The minimum atomic E-state index is 0.544. The third-order valence-electron chi connectivity index (χ3n) is 3.46. The number of fused-ring (bicyclic) bond motifs is 1. The number of aromatic nitrogens is 1. The van der Waals surface area contributed by atoms with Gasteiger partial charge in [-0.05, 0) is 36.2 Å². The molecule has 0 amide bonds. The van der Waals surface area contributed by atoms with Gasteiger partial charge in [-0.25, -0.2) is 0 Å². The Morgan fingerprint density at radius 1 is 1.15 bits per heavy atom. The molecule has 20 heavy (non-hydrogen) atoms. The highest BCUT2D eigenvalue weighted by molar-refractivity contribution is 5.86. The largest absolute Gasteiger partial charge is 0.423 e. The fourth-order valence-corrected chi connectivity index (χ4v) is 2.17. The van der Waals surface area contributed by atoms with E-state index in [9.17, 15) is 0 Å². The van der Waals surface area contributed by atoms with Gasteiger partial charge < -0.3 is 10.2 Å². The lowest BCUT2D eigenvalue weighted by atomic mass is 10.1. The number of nitrogen functional groups attached to an aromatic ring is 1. The van der Waals surface area contributed by atoms with E-state index >= 15 is 0 Å². The quantitative estimate of drug-likeness (QED) is 0.734. The Labute approximate surface area is 117 Å². The van der Waals surface area contributed by atoms with Crippen LogP contribution in [-0.4, -0.2) is 12.0 Å². The van der Waals surface area contributed by atoms with E-state index < -0.39 is 0 Å². The number of oxazole rings is 1. The molecule has 1 aromatic heterocycles. The number of benzene rings is 2. The van der Waals surface area contributed by atoms with Crippen LogP contribution < -0.4 is 10.6 Å². The van der Waals surface area contributed by atoms with Gasteiger partial charge in [-0.2, -0.15) is 4.98 Å². The van der Waals surface area contributed by atoms with E-state index in [4.69, 9.17) is 10.2 Å².